The lowest BCUT2D eigenvalue weighted by Gasteiger charge is -2.17. The van der Waals surface area contributed by atoms with Crippen LogP contribution in [0.15, 0.2) is 11.1 Å². The van der Waals surface area contributed by atoms with Crippen LogP contribution in [0.4, 0.5) is 5.69 Å². The van der Waals surface area contributed by atoms with Gasteiger partial charge in [-0.2, -0.15) is 5.10 Å². The maximum absolute atomic E-state index is 13.0. The number of nitrogens with zero attached hydrogens (tertiary/aromatic N) is 4. The van der Waals surface area contributed by atoms with Crippen molar-refractivity contribution in [3.63, 3.8) is 0 Å². The van der Waals surface area contributed by atoms with Crippen molar-refractivity contribution in [1.29, 1.82) is 0 Å². The van der Waals surface area contributed by atoms with Gasteiger partial charge in [-0.25, -0.2) is 4.98 Å². The van der Waals surface area contributed by atoms with Gasteiger partial charge in [0.1, 0.15) is 11.4 Å². The zero-order chi connectivity index (χ0) is 19.3. The molecule has 7 nitrogen and oxygen atoms in total. The number of rotatable bonds is 3. The number of thiophene rings is 1. The molecule has 0 spiro atoms. The first-order valence-electron chi connectivity index (χ1n) is 9.15. The van der Waals surface area contributed by atoms with Gasteiger partial charge in [-0.3, -0.25) is 18.8 Å². The summed E-state index contributed by atoms with van der Waals surface area (Å²) in [4.78, 5) is 32.0. The standard InChI is InChI=1S/C19H23N5O2S/c1-10-5-6-13-14(7-10)27-18-16(13)19(26)24(9-20-18)8-15(25)21-17-11(2)22-23(4)12(17)3/h9-10H,5-8H2,1-4H3,(H,21,25). The number of carbonyl (C=O) groups is 1. The molecule has 1 amide bonds. The minimum Gasteiger partial charge on any atom is -0.321 e. The number of carbonyl (C=O) groups excluding carboxylic acids is 1. The summed E-state index contributed by atoms with van der Waals surface area (Å²) < 4.78 is 3.13. The van der Waals surface area contributed by atoms with Gasteiger partial charge in [0.2, 0.25) is 5.91 Å². The van der Waals surface area contributed by atoms with Gasteiger partial charge in [-0.15, -0.1) is 11.3 Å². The van der Waals surface area contributed by atoms with E-state index in [4.69, 9.17) is 0 Å². The van der Waals surface area contributed by atoms with E-state index in [1.54, 1.807) is 16.0 Å². The third kappa shape index (κ3) is 3.07. The first-order chi connectivity index (χ1) is 12.8. The monoisotopic (exact) mass is 385 g/mol. The summed E-state index contributed by atoms with van der Waals surface area (Å²) >= 11 is 1.62. The highest BCUT2D eigenvalue weighted by Crippen LogP contribution is 2.35. The van der Waals surface area contributed by atoms with Gasteiger partial charge in [-0.05, 0) is 44.6 Å². The van der Waals surface area contributed by atoms with E-state index in [0.29, 0.717) is 17.0 Å². The first kappa shape index (κ1) is 17.9. The van der Waals surface area contributed by atoms with Crippen molar-refractivity contribution in [2.24, 2.45) is 13.0 Å². The largest absolute Gasteiger partial charge is 0.321 e. The van der Waals surface area contributed by atoms with Gasteiger partial charge >= 0.3 is 0 Å². The van der Waals surface area contributed by atoms with Crippen molar-refractivity contribution in [2.75, 3.05) is 5.32 Å². The van der Waals surface area contributed by atoms with Gasteiger partial charge in [0.15, 0.2) is 0 Å². The van der Waals surface area contributed by atoms with E-state index in [1.807, 2.05) is 20.9 Å². The van der Waals surface area contributed by atoms with Crippen LogP contribution < -0.4 is 10.9 Å². The molecule has 0 fully saturated rings. The van der Waals surface area contributed by atoms with Crippen LogP contribution in [0.1, 0.15) is 35.2 Å². The molecular weight excluding hydrogens is 362 g/mol. The average molecular weight is 385 g/mol. The molecule has 0 radical (unpaired) electrons. The van der Waals surface area contributed by atoms with E-state index in [1.165, 1.54) is 15.8 Å². The van der Waals surface area contributed by atoms with Crippen molar-refractivity contribution >= 4 is 33.1 Å². The van der Waals surface area contributed by atoms with Gasteiger partial charge < -0.3 is 5.32 Å². The predicted octanol–water partition coefficient (Wildman–Crippen LogP) is 2.57. The van der Waals surface area contributed by atoms with Crippen molar-refractivity contribution in [3.05, 3.63) is 38.5 Å². The Labute approximate surface area is 161 Å². The second-order valence-electron chi connectivity index (χ2n) is 7.43. The Morgan fingerprint density at radius 1 is 1.41 bits per heavy atom. The van der Waals surface area contributed by atoms with E-state index in [-0.39, 0.29) is 18.0 Å². The Morgan fingerprint density at radius 3 is 2.89 bits per heavy atom. The molecule has 0 bridgehead atoms. The number of aryl methyl sites for hydroxylation is 3. The quantitative estimate of drug-likeness (QED) is 0.751. The molecule has 1 unspecified atom stereocenters. The van der Waals surface area contributed by atoms with Crippen LogP contribution in [0.3, 0.4) is 0 Å². The molecule has 0 saturated heterocycles. The minimum atomic E-state index is -0.254. The van der Waals surface area contributed by atoms with Crippen molar-refractivity contribution in [1.82, 2.24) is 19.3 Å². The Kier molecular flexibility index (Phi) is 4.38. The maximum atomic E-state index is 13.0. The second-order valence-corrected chi connectivity index (χ2v) is 8.51. The van der Waals surface area contributed by atoms with E-state index in [0.717, 1.165) is 41.0 Å². The molecule has 3 aromatic rings. The molecule has 0 aromatic carbocycles. The van der Waals surface area contributed by atoms with Crippen molar-refractivity contribution < 1.29 is 4.79 Å². The normalized spacial score (nSPS) is 16.5. The van der Waals surface area contributed by atoms with E-state index in [9.17, 15) is 9.59 Å². The van der Waals surface area contributed by atoms with Crippen LogP contribution in [0.5, 0.6) is 0 Å². The molecular formula is C19H23N5O2S. The Morgan fingerprint density at radius 2 is 2.19 bits per heavy atom. The third-order valence-electron chi connectivity index (χ3n) is 5.37. The smallest absolute Gasteiger partial charge is 0.262 e. The SMILES string of the molecule is Cc1nn(C)c(C)c1NC(=O)Cn1cnc2sc3c(c2c1=O)CCC(C)C3. The van der Waals surface area contributed by atoms with Crippen LogP contribution in [-0.2, 0) is 31.2 Å². The van der Waals surface area contributed by atoms with E-state index in [2.05, 4.69) is 22.3 Å². The summed E-state index contributed by atoms with van der Waals surface area (Å²) in [5.41, 5.74) is 3.35. The number of anilines is 1. The number of hydrogen-bond acceptors (Lipinski definition) is 5. The molecule has 0 saturated carbocycles. The molecule has 0 aliphatic heterocycles. The fraction of sp³-hybridized carbons (Fsp3) is 0.474. The third-order valence-corrected chi connectivity index (χ3v) is 6.53. The fourth-order valence-electron chi connectivity index (χ4n) is 3.77. The van der Waals surface area contributed by atoms with Gasteiger partial charge in [0, 0.05) is 11.9 Å². The summed E-state index contributed by atoms with van der Waals surface area (Å²) in [7, 11) is 1.83. The lowest BCUT2D eigenvalue weighted by Crippen LogP contribution is -2.28. The average Bonchev–Trinajstić information content (AvgIpc) is 3.09. The van der Waals surface area contributed by atoms with Crippen LogP contribution in [0, 0.1) is 19.8 Å². The fourth-order valence-corrected chi connectivity index (χ4v) is 5.11. The van der Waals surface area contributed by atoms with Gasteiger partial charge in [0.25, 0.3) is 5.56 Å². The number of fused-ring (bicyclic) bond motifs is 3. The molecule has 4 rings (SSSR count). The number of nitrogens with one attached hydrogen (secondary N) is 1. The molecule has 1 atom stereocenters. The number of aromatic nitrogens is 4. The van der Waals surface area contributed by atoms with Crippen LogP contribution in [-0.4, -0.2) is 25.2 Å². The summed E-state index contributed by atoms with van der Waals surface area (Å²) in [6, 6.07) is 0. The molecule has 1 aliphatic carbocycles. The Balaban J connectivity index is 1.63. The summed E-state index contributed by atoms with van der Waals surface area (Å²) in [6.07, 6.45) is 4.50. The van der Waals surface area contributed by atoms with Gasteiger partial charge in [-0.1, -0.05) is 6.92 Å². The highest BCUT2D eigenvalue weighted by atomic mass is 32.1. The van der Waals surface area contributed by atoms with Crippen molar-refractivity contribution in [3.8, 4) is 0 Å². The van der Waals surface area contributed by atoms with Gasteiger partial charge in [0.05, 0.1) is 28.8 Å². The second kappa shape index (κ2) is 6.60. The van der Waals surface area contributed by atoms with Crippen LogP contribution in [0.25, 0.3) is 10.2 Å². The lowest BCUT2D eigenvalue weighted by atomic mass is 9.89. The first-order valence-corrected chi connectivity index (χ1v) is 9.96. The molecule has 142 valence electrons. The topological polar surface area (TPSA) is 81.8 Å². The van der Waals surface area contributed by atoms with E-state index >= 15 is 0 Å². The molecule has 27 heavy (non-hydrogen) atoms. The molecule has 1 N–H and O–H groups in total. The van der Waals surface area contributed by atoms with E-state index < -0.39 is 0 Å². The highest BCUT2D eigenvalue weighted by molar-refractivity contribution is 7.18. The number of hydrogen-bond donors (Lipinski definition) is 1. The molecule has 8 heteroatoms. The molecule has 3 aromatic heterocycles. The Hall–Kier alpha value is -2.48. The van der Waals surface area contributed by atoms with Crippen molar-refractivity contribution in [2.45, 2.75) is 46.6 Å². The zero-order valence-electron chi connectivity index (χ0n) is 16.0. The molecule has 1 aliphatic rings. The summed E-state index contributed by atoms with van der Waals surface area (Å²) in [5.74, 6) is 0.389. The summed E-state index contributed by atoms with van der Waals surface area (Å²) in [6.45, 7) is 5.93. The lowest BCUT2D eigenvalue weighted by molar-refractivity contribution is -0.116. The highest BCUT2D eigenvalue weighted by Gasteiger charge is 2.23. The summed E-state index contributed by atoms with van der Waals surface area (Å²) in [5, 5.41) is 7.88. The van der Waals surface area contributed by atoms with Crippen LogP contribution >= 0.6 is 11.3 Å². The number of amides is 1. The predicted molar refractivity (Wildman–Crippen MR) is 106 cm³/mol. The van der Waals surface area contributed by atoms with Crippen LogP contribution in [0.2, 0.25) is 0 Å². The zero-order valence-corrected chi connectivity index (χ0v) is 16.8. The minimum absolute atomic E-state index is 0.0590. The molecule has 3 heterocycles. The maximum Gasteiger partial charge on any atom is 0.262 e. The Bertz CT molecular complexity index is 1110.